The monoisotopic (exact) mass is 257 g/mol. The highest BCUT2D eigenvalue weighted by molar-refractivity contribution is 5.83. The van der Waals surface area contributed by atoms with E-state index < -0.39 is 23.7 Å². The smallest absolute Gasteiger partial charge is 0.332 e. The third kappa shape index (κ3) is 2.64. The molecule has 1 saturated carbocycles. The molecule has 6 heteroatoms. The van der Waals surface area contributed by atoms with Gasteiger partial charge in [-0.15, -0.1) is 0 Å². The zero-order valence-electron chi connectivity index (χ0n) is 10.2. The van der Waals surface area contributed by atoms with Crippen molar-refractivity contribution in [1.29, 1.82) is 0 Å². The number of carboxylic acids is 1. The summed E-state index contributed by atoms with van der Waals surface area (Å²) in [6.45, 7) is -0.0756. The fraction of sp³-hybridized carbons (Fsp3) is 0.833. The van der Waals surface area contributed by atoms with Crippen LogP contribution >= 0.6 is 0 Å². The molecule has 2 aliphatic rings. The summed E-state index contributed by atoms with van der Waals surface area (Å²) in [6, 6.07) is 0. The van der Waals surface area contributed by atoms with Crippen LogP contribution in [0.4, 0.5) is 0 Å². The SMILES string of the molecule is O=C(O)C1CCC(C(=O)NC2(CO)CCCC2)O1. The largest absolute Gasteiger partial charge is 0.479 e. The van der Waals surface area contributed by atoms with Crippen molar-refractivity contribution in [3.05, 3.63) is 0 Å². The summed E-state index contributed by atoms with van der Waals surface area (Å²) in [7, 11) is 0. The summed E-state index contributed by atoms with van der Waals surface area (Å²) in [5, 5.41) is 21.0. The van der Waals surface area contributed by atoms with Crippen molar-refractivity contribution in [2.45, 2.75) is 56.3 Å². The number of hydrogen-bond donors (Lipinski definition) is 3. The number of aliphatic carboxylic acids is 1. The first-order valence-corrected chi connectivity index (χ1v) is 6.37. The van der Waals surface area contributed by atoms with E-state index in [2.05, 4.69) is 5.32 Å². The van der Waals surface area contributed by atoms with Gasteiger partial charge in [0.15, 0.2) is 6.10 Å². The lowest BCUT2D eigenvalue weighted by Crippen LogP contribution is -2.52. The molecule has 2 rings (SSSR count). The molecule has 0 aromatic carbocycles. The first-order chi connectivity index (χ1) is 8.56. The molecule has 0 aromatic heterocycles. The van der Waals surface area contributed by atoms with E-state index in [1.165, 1.54) is 0 Å². The lowest BCUT2D eigenvalue weighted by Gasteiger charge is -2.29. The molecule has 0 spiro atoms. The minimum Gasteiger partial charge on any atom is -0.479 e. The second kappa shape index (κ2) is 5.24. The van der Waals surface area contributed by atoms with Crippen LogP contribution in [0.2, 0.25) is 0 Å². The maximum absolute atomic E-state index is 12.0. The predicted molar refractivity (Wildman–Crippen MR) is 62.0 cm³/mol. The zero-order chi connectivity index (χ0) is 13.2. The Labute approximate surface area is 105 Å². The molecule has 102 valence electrons. The van der Waals surface area contributed by atoms with E-state index in [4.69, 9.17) is 9.84 Å². The molecule has 2 unspecified atom stereocenters. The summed E-state index contributed by atoms with van der Waals surface area (Å²) >= 11 is 0. The molecule has 6 nitrogen and oxygen atoms in total. The van der Waals surface area contributed by atoms with E-state index in [1.54, 1.807) is 0 Å². The second-order valence-electron chi connectivity index (χ2n) is 5.16. The molecule has 1 aliphatic carbocycles. The number of aliphatic hydroxyl groups is 1. The molecule has 0 radical (unpaired) electrons. The average molecular weight is 257 g/mol. The molecular weight excluding hydrogens is 238 g/mol. The Morgan fingerprint density at radius 2 is 1.83 bits per heavy atom. The first-order valence-electron chi connectivity index (χ1n) is 6.37. The van der Waals surface area contributed by atoms with Gasteiger partial charge in [0.1, 0.15) is 6.10 Å². The van der Waals surface area contributed by atoms with Crippen molar-refractivity contribution in [3.63, 3.8) is 0 Å². The maximum atomic E-state index is 12.0. The number of carbonyl (C=O) groups is 2. The molecule has 1 saturated heterocycles. The lowest BCUT2D eigenvalue weighted by molar-refractivity contribution is -0.152. The number of rotatable bonds is 4. The molecule has 2 fully saturated rings. The number of carboxylic acid groups (broad SMARTS) is 1. The average Bonchev–Trinajstić information content (AvgIpc) is 2.98. The van der Waals surface area contributed by atoms with Gasteiger partial charge in [-0.25, -0.2) is 4.79 Å². The lowest BCUT2D eigenvalue weighted by atomic mass is 9.98. The quantitative estimate of drug-likeness (QED) is 0.661. The standard InChI is InChI=1S/C12H19NO5/c14-7-12(5-1-2-6-12)13-10(15)8-3-4-9(18-8)11(16)17/h8-9,14H,1-7H2,(H,13,15)(H,16,17). The van der Waals surface area contributed by atoms with Gasteiger partial charge in [-0.2, -0.15) is 0 Å². The summed E-state index contributed by atoms with van der Waals surface area (Å²) < 4.78 is 5.19. The van der Waals surface area contributed by atoms with Crippen molar-refractivity contribution in [3.8, 4) is 0 Å². The van der Waals surface area contributed by atoms with Gasteiger partial charge >= 0.3 is 5.97 Å². The molecule has 0 bridgehead atoms. The minimum atomic E-state index is -1.02. The van der Waals surface area contributed by atoms with Crippen LogP contribution in [0.5, 0.6) is 0 Å². The molecule has 1 amide bonds. The molecule has 1 aliphatic heterocycles. The highest BCUT2D eigenvalue weighted by atomic mass is 16.5. The molecule has 1 heterocycles. The van der Waals surface area contributed by atoms with E-state index >= 15 is 0 Å². The first kappa shape index (κ1) is 13.3. The Morgan fingerprint density at radius 1 is 1.22 bits per heavy atom. The summed E-state index contributed by atoms with van der Waals surface area (Å²) in [5.41, 5.74) is -0.526. The summed E-state index contributed by atoms with van der Waals surface area (Å²) in [5.74, 6) is -1.32. The van der Waals surface area contributed by atoms with E-state index in [0.717, 1.165) is 25.7 Å². The van der Waals surface area contributed by atoms with Gasteiger partial charge in [0, 0.05) is 0 Å². The molecule has 3 N–H and O–H groups in total. The predicted octanol–water partition coefficient (Wildman–Crippen LogP) is 0.0399. The zero-order valence-corrected chi connectivity index (χ0v) is 10.2. The van der Waals surface area contributed by atoms with Crippen molar-refractivity contribution >= 4 is 11.9 Å². The Kier molecular flexibility index (Phi) is 3.87. The van der Waals surface area contributed by atoms with Crippen molar-refractivity contribution < 1.29 is 24.5 Å². The number of carbonyl (C=O) groups excluding carboxylic acids is 1. The van der Waals surface area contributed by atoms with E-state index in [-0.39, 0.29) is 12.5 Å². The molecular formula is C12H19NO5. The third-order valence-electron chi connectivity index (χ3n) is 3.84. The van der Waals surface area contributed by atoms with Gasteiger partial charge < -0.3 is 20.3 Å². The van der Waals surface area contributed by atoms with E-state index in [9.17, 15) is 14.7 Å². The van der Waals surface area contributed by atoms with Gasteiger partial charge in [0.05, 0.1) is 12.1 Å². The van der Waals surface area contributed by atoms with Crippen LogP contribution < -0.4 is 5.32 Å². The number of aliphatic hydroxyl groups excluding tert-OH is 1. The normalized spacial score (nSPS) is 30.3. The minimum absolute atomic E-state index is 0.0756. The number of ether oxygens (including phenoxy) is 1. The molecule has 0 aromatic rings. The van der Waals surface area contributed by atoms with Crippen molar-refractivity contribution in [2.24, 2.45) is 0 Å². The fourth-order valence-electron chi connectivity index (χ4n) is 2.73. The highest BCUT2D eigenvalue weighted by Gasteiger charge is 2.40. The Morgan fingerprint density at radius 3 is 2.33 bits per heavy atom. The van der Waals surface area contributed by atoms with Gasteiger partial charge in [-0.05, 0) is 25.7 Å². The van der Waals surface area contributed by atoms with Crippen LogP contribution in [0, 0.1) is 0 Å². The Balaban J connectivity index is 1.90. The van der Waals surface area contributed by atoms with Gasteiger partial charge in [0.25, 0.3) is 0 Å². The van der Waals surface area contributed by atoms with Crippen LogP contribution in [0.15, 0.2) is 0 Å². The van der Waals surface area contributed by atoms with Gasteiger partial charge in [-0.3, -0.25) is 4.79 Å². The summed E-state index contributed by atoms with van der Waals surface area (Å²) in [6.07, 6.45) is 2.72. The number of hydrogen-bond acceptors (Lipinski definition) is 4. The van der Waals surface area contributed by atoms with Crippen LogP contribution in [0.3, 0.4) is 0 Å². The maximum Gasteiger partial charge on any atom is 0.332 e. The van der Waals surface area contributed by atoms with Crippen LogP contribution in [-0.4, -0.2) is 46.4 Å². The third-order valence-corrected chi connectivity index (χ3v) is 3.84. The Bertz CT molecular complexity index is 337. The highest BCUT2D eigenvalue weighted by Crippen LogP contribution is 2.30. The molecule has 18 heavy (non-hydrogen) atoms. The van der Waals surface area contributed by atoms with Crippen molar-refractivity contribution in [2.75, 3.05) is 6.61 Å². The van der Waals surface area contributed by atoms with E-state index in [0.29, 0.717) is 12.8 Å². The number of nitrogens with one attached hydrogen (secondary N) is 1. The van der Waals surface area contributed by atoms with Gasteiger partial charge in [0.2, 0.25) is 5.91 Å². The number of amides is 1. The van der Waals surface area contributed by atoms with E-state index in [1.807, 2.05) is 0 Å². The van der Waals surface area contributed by atoms with Crippen LogP contribution in [0.25, 0.3) is 0 Å². The van der Waals surface area contributed by atoms with Crippen LogP contribution in [-0.2, 0) is 14.3 Å². The summed E-state index contributed by atoms with van der Waals surface area (Å²) in [4.78, 5) is 22.7. The second-order valence-corrected chi connectivity index (χ2v) is 5.16. The van der Waals surface area contributed by atoms with Crippen LogP contribution in [0.1, 0.15) is 38.5 Å². The Hall–Kier alpha value is -1.14. The topological polar surface area (TPSA) is 95.9 Å². The molecule has 2 atom stereocenters. The fourth-order valence-corrected chi connectivity index (χ4v) is 2.73. The van der Waals surface area contributed by atoms with Gasteiger partial charge in [-0.1, -0.05) is 12.8 Å². The van der Waals surface area contributed by atoms with Crippen molar-refractivity contribution in [1.82, 2.24) is 5.32 Å².